The lowest BCUT2D eigenvalue weighted by Gasteiger charge is -2.47. The van der Waals surface area contributed by atoms with E-state index in [0.29, 0.717) is 16.3 Å². The maximum Gasteiger partial charge on any atom is 0.237 e. The van der Waals surface area contributed by atoms with Gasteiger partial charge in [-0.3, -0.25) is 14.9 Å². The normalized spacial score (nSPS) is 28.2. The molecular formula is C25H25Cl2FN2O2. The molecule has 0 radical (unpaired) electrons. The predicted octanol–water partition coefficient (Wildman–Crippen LogP) is 5.76. The number of amides is 1. The smallest absolute Gasteiger partial charge is 0.237 e. The van der Waals surface area contributed by atoms with Gasteiger partial charge in [0.05, 0.1) is 11.1 Å². The second-order valence-electron chi connectivity index (χ2n) is 9.16. The zero-order valence-corrected chi connectivity index (χ0v) is 19.3. The molecule has 1 saturated heterocycles. The van der Waals surface area contributed by atoms with Crippen LogP contribution in [-0.4, -0.2) is 23.3 Å². The minimum atomic E-state index is -1.14. The highest BCUT2D eigenvalue weighted by atomic mass is 35.5. The Balaban J connectivity index is 1.85. The Morgan fingerprint density at radius 3 is 2.62 bits per heavy atom. The number of carbonyl (C=O) groups is 2. The first-order valence-electron chi connectivity index (χ1n) is 11.2. The van der Waals surface area contributed by atoms with Crippen molar-refractivity contribution in [2.45, 2.75) is 68.4 Å². The number of benzene rings is 2. The van der Waals surface area contributed by atoms with Gasteiger partial charge in [-0.15, -0.1) is 0 Å². The Kier molecular flexibility index (Phi) is 5.35. The number of anilines is 1. The van der Waals surface area contributed by atoms with E-state index in [0.717, 1.165) is 37.7 Å². The van der Waals surface area contributed by atoms with Gasteiger partial charge in [-0.2, -0.15) is 0 Å². The molecule has 2 aromatic carbocycles. The molecule has 3 atom stereocenters. The van der Waals surface area contributed by atoms with E-state index < -0.39 is 28.7 Å². The van der Waals surface area contributed by atoms with Crippen molar-refractivity contribution in [3.8, 4) is 0 Å². The Labute approximate surface area is 196 Å². The van der Waals surface area contributed by atoms with Crippen molar-refractivity contribution in [3.05, 3.63) is 63.4 Å². The van der Waals surface area contributed by atoms with Crippen LogP contribution in [0.1, 0.15) is 62.5 Å². The van der Waals surface area contributed by atoms with Crippen molar-refractivity contribution in [2.24, 2.45) is 0 Å². The van der Waals surface area contributed by atoms with Crippen LogP contribution in [0.5, 0.6) is 0 Å². The molecule has 1 amide bonds. The summed E-state index contributed by atoms with van der Waals surface area (Å²) >= 11 is 12.4. The van der Waals surface area contributed by atoms with Crippen LogP contribution in [-0.2, 0) is 15.0 Å². The summed E-state index contributed by atoms with van der Waals surface area (Å²) in [6.07, 6.45) is 4.68. The van der Waals surface area contributed by atoms with Gasteiger partial charge in [0.1, 0.15) is 17.0 Å². The largest absolute Gasteiger partial charge is 0.325 e. The quantitative estimate of drug-likeness (QED) is 0.594. The molecule has 1 aliphatic carbocycles. The third kappa shape index (κ3) is 2.84. The third-order valence-electron chi connectivity index (χ3n) is 7.72. The molecule has 4 nitrogen and oxygen atoms in total. The van der Waals surface area contributed by atoms with Gasteiger partial charge in [0.15, 0.2) is 0 Å². The van der Waals surface area contributed by atoms with Crippen LogP contribution in [0.25, 0.3) is 0 Å². The molecule has 2 fully saturated rings. The van der Waals surface area contributed by atoms with E-state index in [-0.39, 0.29) is 23.1 Å². The highest BCUT2D eigenvalue weighted by Crippen LogP contribution is 2.62. The summed E-state index contributed by atoms with van der Waals surface area (Å²) in [4.78, 5) is 27.3. The zero-order valence-electron chi connectivity index (χ0n) is 17.8. The van der Waals surface area contributed by atoms with E-state index in [2.05, 4.69) is 10.6 Å². The minimum absolute atomic E-state index is 0.0142. The van der Waals surface area contributed by atoms with E-state index in [9.17, 15) is 9.59 Å². The molecule has 2 N–H and O–H groups in total. The standard InChI is InChI=1S/C25H25Cl2FN2O2/c1-2-19(31)22-20(15-7-6-8-17(27)21(15)28)25(24(30-22)11-4-3-5-12-24)16-10-9-14(26)13-18(16)29-23(25)32/h6-10,13,20,22,30H,2-5,11-12H2,1H3,(H,29,32)/t20-,22-,25-/m0/s1. The van der Waals surface area contributed by atoms with Gasteiger partial charge in [-0.1, -0.05) is 67.6 Å². The van der Waals surface area contributed by atoms with Gasteiger partial charge in [-0.05, 0) is 42.2 Å². The molecule has 0 bridgehead atoms. The molecule has 1 saturated carbocycles. The van der Waals surface area contributed by atoms with Crippen LogP contribution in [0.15, 0.2) is 36.4 Å². The van der Waals surface area contributed by atoms with Crippen molar-refractivity contribution in [3.63, 3.8) is 0 Å². The molecule has 5 rings (SSSR count). The number of Topliss-reactive ketones (excluding diaryl/α,β-unsaturated/α-hetero) is 1. The van der Waals surface area contributed by atoms with Crippen LogP contribution in [0.2, 0.25) is 10.0 Å². The SMILES string of the molecule is CCC(=O)[C@@H]1NC2(CCCCC2)[C@]2(C(=O)Nc3cc(Cl)ccc32)[C@H]1c1cccc(Cl)c1F. The summed E-state index contributed by atoms with van der Waals surface area (Å²) in [7, 11) is 0. The number of hydrogen-bond donors (Lipinski definition) is 2. The second-order valence-corrected chi connectivity index (χ2v) is 10.0. The number of ketones is 1. The third-order valence-corrected chi connectivity index (χ3v) is 8.25. The molecule has 7 heteroatoms. The fourth-order valence-corrected chi connectivity index (χ4v) is 6.84. The number of fused-ring (bicyclic) bond motifs is 3. The van der Waals surface area contributed by atoms with Crippen LogP contribution < -0.4 is 10.6 Å². The monoisotopic (exact) mass is 474 g/mol. The summed E-state index contributed by atoms with van der Waals surface area (Å²) in [6, 6.07) is 9.50. The van der Waals surface area contributed by atoms with Crippen LogP contribution in [0.3, 0.4) is 0 Å². The fraction of sp³-hybridized carbons (Fsp3) is 0.440. The van der Waals surface area contributed by atoms with E-state index in [1.54, 1.807) is 31.2 Å². The number of nitrogens with one attached hydrogen (secondary N) is 2. The van der Waals surface area contributed by atoms with Gasteiger partial charge in [-0.25, -0.2) is 4.39 Å². The Morgan fingerprint density at radius 2 is 1.91 bits per heavy atom. The van der Waals surface area contributed by atoms with Crippen molar-refractivity contribution < 1.29 is 14.0 Å². The molecule has 2 spiro atoms. The van der Waals surface area contributed by atoms with Gasteiger partial charge in [0, 0.05) is 28.6 Å². The summed E-state index contributed by atoms with van der Waals surface area (Å²) in [5, 5.41) is 7.14. The molecule has 2 heterocycles. The average molecular weight is 475 g/mol. The number of rotatable bonds is 3. The Bertz CT molecular complexity index is 1120. The van der Waals surface area contributed by atoms with Crippen molar-refractivity contribution >= 4 is 40.6 Å². The lowest BCUT2D eigenvalue weighted by molar-refractivity contribution is -0.124. The summed E-state index contributed by atoms with van der Waals surface area (Å²) in [5.41, 5.74) is -0.0990. The van der Waals surface area contributed by atoms with E-state index in [4.69, 9.17) is 23.2 Å². The van der Waals surface area contributed by atoms with Gasteiger partial charge >= 0.3 is 0 Å². The highest BCUT2D eigenvalue weighted by Gasteiger charge is 2.72. The maximum atomic E-state index is 15.5. The minimum Gasteiger partial charge on any atom is -0.325 e. The molecule has 0 aromatic heterocycles. The fourth-order valence-electron chi connectivity index (χ4n) is 6.49. The van der Waals surface area contributed by atoms with Gasteiger partial charge in [0.25, 0.3) is 0 Å². The molecule has 3 aliphatic rings. The summed E-state index contributed by atoms with van der Waals surface area (Å²) in [5.74, 6) is -1.54. The first-order chi connectivity index (χ1) is 15.4. The maximum absolute atomic E-state index is 15.5. The molecule has 2 aromatic rings. The highest BCUT2D eigenvalue weighted by molar-refractivity contribution is 6.31. The number of halogens is 3. The molecular weight excluding hydrogens is 450 g/mol. The molecule has 168 valence electrons. The zero-order chi connectivity index (χ0) is 22.7. The van der Waals surface area contributed by atoms with Crippen LogP contribution >= 0.6 is 23.2 Å². The van der Waals surface area contributed by atoms with Crippen LogP contribution in [0.4, 0.5) is 10.1 Å². The van der Waals surface area contributed by atoms with E-state index in [1.165, 1.54) is 6.07 Å². The van der Waals surface area contributed by atoms with E-state index in [1.807, 2.05) is 6.07 Å². The van der Waals surface area contributed by atoms with Crippen molar-refractivity contribution in [2.75, 3.05) is 5.32 Å². The van der Waals surface area contributed by atoms with Gasteiger partial charge in [0.2, 0.25) is 5.91 Å². The lowest BCUT2D eigenvalue weighted by Crippen LogP contribution is -2.60. The number of carbonyl (C=O) groups excluding carboxylic acids is 2. The molecule has 0 unspecified atom stereocenters. The summed E-state index contributed by atoms with van der Waals surface area (Å²) in [6.45, 7) is 1.80. The van der Waals surface area contributed by atoms with Gasteiger partial charge < -0.3 is 5.32 Å². The van der Waals surface area contributed by atoms with Crippen molar-refractivity contribution in [1.82, 2.24) is 5.32 Å². The molecule has 32 heavy (non-hydrogen) atoms. The average Bonchev–Trinajstić information content (AvgIpc) is 3.23. The summed E-state index contributed by atoms with van der Waals surface area (Å²) < 4.78 is 15.5. The predicted molar refractivity (Wildman–Crippen MR) is 124 cm³/mol. The Morgan fingerprint density at radius 1 is 1.16 bits per heavy atom. The lowest BCUT2D eigenvalue weighted by atomic mass is 9.55. The van der Waals surface area contributed by atoms with Crippen molar-refractivity contribution in [1.29, 1.82) is 0 Å². The van der Waals surface area contributed by atoms with E-state index >= 15 is 4.39 Å². The second kappa shape index (κ2) is 7.82. The topological polar surface area (TPSA) is 58.2 Å². The molecule has 2 aliphatic heterocycles. The van der Waals surface area contributed by atoms with Crippen LogP contribution in [0, 0.1) is 5.82 Å². The first kappa shape index (κ1) is 21.9. The Hall–Kier alpha value is -1.95. The number of hydrogen-bond acceptors (Lipinski definition) is 3. The first-order valence-corrected chi connectivity index (χ1v) is 12.0.